The number of hydrogen-bond donors (Lipinski definition) is 1. The number of halogens is 1. The van der Waals surface area contributed by atoms with Gasteiger partial charge in [-0.05, 0) is 90.0 Å². The Morgan fingerprint density at radius 1 is 1.09 bits per heavy atom. The molecule has 0 unspecified atom stereocenters. The predicted molar refractivity (Wildman–Crippen MR) is 135 cm³/mol. The van der Waals surface area contributed by atoms with Gasteiger partial charge in [0.05, 0.1) is 16.9 Å². The molecule has 8 heteroatoms. The predicted octanol–water partition coefficient (Wildman–Crippen LogP) is 4.85. The van der Waals surface area contributed by atoms with Crippen LogP contribution in [0.15, 0.2) is 36.4 Å². The first-order valence-electron chi connectivity index (χ1n) is 11.7. The van der Waals surface area contributed by atoms with Crippen molar-refractivity contribution in [3.05, 3.63) is 58.4 Å². The van der Waals surface area contributed by atoms with Crippen LogP contribution in [0.1, 0.15) is 65.3 Å². The van der Waals surface area contributed by atoms with Gasteiger partial charge in [0.2, 0.25) is 0 Å². The van der Waals surface area contributed by atoms with Gasteiger partial charge in [-0.15, -0.1) is 0 Å². The number of fused-ring (bicyclic) bond motifs is 1. The Labute approximate surface area is 207 Å². The standard InChI is InChI=1S/C26H34BClN2O4/c1-23(2,3)30(22(31)32)16-26(14-17-10-8-9-11-18(17)15-26)20-12-19(13-21(28)29-20)27-33-24(4,5)25(6,7)34-27/h8-13H,14-16H2,1-7H3,(H,31,32). The van der Waals surface area contributed by atoms with Crippen LogP contribution < -0.4 is 5.46 Å². The Balaban J connectivity index is 1.80. The Morgan fingerprint density at radius 3 is 2.09 bits per heavy atom. The van der Waals surface area contributed by atoms with Crippen LogP contribution in [-0.2, 0) is 27.6 Å². The Kier molecular flexibility index (Phi) is 6.07. The summed E-state index contributed by atoms with van der Waals surface area (Å²) in [5.41, 5.74) is 1.88. The van der Waals surface area contributed by atoms with Crippen LogP contribution >= 0.6 is 11.6 Å². The quantitative estimate of drug-likeness (QED) is 0.496. The molecule has 0 spiro atoms. The highest BCUT2D eigenvalue weighted by Gasteiger charge is 2.52. The van der Waals surface area contributed by atoms with Crippen LogP contribution in [0.5, 0.6) is 0 Å². The average molecular weight is 485 g/mol. The number of amides is 1. The fraction of sp³-hybridized carbons (Fsp3) is 0.538. The molecule has 1 saturated heterocycles. The van der Waals surface area contributed by atoms with Crippen molar-refractivity contribution in [1.29, 1.82) is 0 Å². The summed E-state index contributed by atoms with van der Waals surface area (Å²) in [5, 5.41) is 10.4. The second-order valence-electron chi connectivity index (χ2n) is 11.6. The zero-order chi connectivity index (χ0) is 25.1. The summed E-state index contributed by atoms with van der Waals surface area (Å²) < 4.78 is 12.6. The number of hydrogen-bond acceptors (Lipinski definition) is 4. The maximum atomic E-state index is 12.3. The average Bonchev–Trinajstić information content (AvgIpc) is 3.19. The molecule has 0 atom stereocenters. The lowest BCUT2D eigenvalue weighted by atomic mass is 9.74. The summed E-state index contributed by atoms with van der Waals surface area (Å²) >= 11 is 6.56. The molecule has 2 aromatic rings. The van der Waals surface area contributed by atoms with Crippen molar-refractivity contribution in [3.8, 4) is 0 Å². The highest BCUT2D eigenvalue weighted by molar-refractivity contribution is 6.62. The largest absolute Gasteiger partial charge is 0.495 e. The second kappa shape index (κ2) is 8.25. The molecule has 1 aromatic heterocycles. The zero-order valence-electron chi connectivity index (χ0n) is 21.1. The minimum atomic E-state index is -0.948. The van der Waals surface area contributed by atoms with Gasteiger partial charge in [-0.2, -0.15) is 0 Å². The summed E-state index contributed by atoms with van der Waals surface area (Å²) in [6.07, 6.45) is 0.411. The third-order valence-electron chi connectivity index (χ3n) is 7.56. The summed E-state index contributed by atoms with van der Waals surface area (Å²) in [4.78, 5) is 18.6. The number of carboxylic acid groups (broad SMARTS) is 1. The summed E-state index contributed by atoms with van der Waals surface area (Å²) in [6, 6.07) is 12.0. The van der Waals surface area contributed by atoms with E-state index < -0.39 is 35.4 Å². The molecule has 1 amide bonds. The van der Waals surface area contributed by atoms with Crippen LogP contribution in [0.3, 0.4) is 0 Å². The molecule has 34 heavy (non-hydrogen) atoms. The van der Waals surface area contributed by atoms with E-state index in [1.54, 1.807) is 6.07 Å². The third kappa shape index (κ3) is 4.46. The lowest BCUT2D eigenvalue weighted by molar-refractivity contribution is 0.00578. The van der Waals surface area contributed by atoms with E-state index in [9.17, 15) is 9.90 Å². The van der Waals surface area contributed by atoms with Crippen molar-refractivity contribution in [3.63, 3.8) is 0 Å². The van der Waals surface area contributed by atoms with Gasteiger partial charge < -0.3 is 19.3 Å². The number of carbonyl (C=O) groups is 1. The molecule has 0 bridgehead atoms. The van der Waals surface area contributed by atoms with E-state index in [2.05, 4.69) is 12.1 Å². The molecular formula is C26H34BClN2O4. The molecule has 1 aliphatic heterocycles. The van der Waals surface area contributed by atoms with E-state index in [0.717, 1.165) is 11.2 Å². The van der Waals surface area contributed by atoms with Crippen LogP contribution in [0.4, 0.5) is 4.79 Å². The van der Waals surface area contributed by atoms with Crippen LogP contribution in [-0.4, -0.2) is 51.5 Å². The van der Waals surface area contributed by atoms with Gasteiger partial charge in [0.1, 0.15) is 5.15 Å². The lowest BCUT2D eigenvalue weighted by Crippen LogP contribution is -2.53. The van der Waals surface area contributed by atoms with E-state index in [4.69, 9.17) is 25.9 Å². The molecule has 1 aromatic carbocycles. The maximum absolute atomic E-state index is 12.3. The number of pyridine rings is 1. The molecule has 2 heterocycles. The Bertz CT molecular complexity index is 1070. The van der Waals surface area contributed by atoms with Gasteiger partial charge >= 0.3 is 13.2 Å². The van der Waals surface area contributed by atoms with Gasteiger partial charge in [-0.3, -0.25) is 0 Å². The van der Waals surface area contributed by atoms with Crippen molar-refractivity contribution >= 4 is 30.3 Å². The fourth-order valence-corrected chi connectivity index (χ4v) is 5.08. The molecule has 0 radical (unpaired) electrons. The second-order valence-corrected chi connectivity index (χ2v) is 12.0. The first kappa shape index (κ1) is 25.0. The highest BCUT2D eigenvalue weighted by Crippen LogP contribution is 2.42. The Morgan fingerprint density at radius 2 is 1.62 bits per heavy atom. The molecular weight excluding hydrogens is 451 g/mol. The smallest absolute Gasteiger partial charge is 0.465 e. The summed E-state index contributed by atoms with van der Waals surface area (Å²) in [5.74, 6) is 0. The van der Waals surface area contributed by atoms with Gasteiger partial charge in [-0.1, -0.05) is 35.9 Å². The normalized spacial score (nSPS) is 20.3. The number of nitrogens with zero attached hydrogens (tertiary/aromatic N) is 2. The van der Waals surface area contributed by atoms with E-state index in [-0.39, 0.29) is 0 Å². The van der Waals surface area contributed by atoms with Crippen molar-refractivity contribution in [1.82, 2.24) is 9.88 Å². The molecule has 182 valence electrons. The molecule has 1 aliphatic carbocycles. The highest BCUT2D eigenvalue weighted by atomic mass is 35.5. The number of benzene rings is 1. The van der Waals surface area contributed by atoms with Gasteiger partial charge in [0, 0.05) is 17.5 Å². The van der Waals surface area contributed by atoms with Crippen molar-refractivity contribution in [2.45, 2.75) is 83.5 Å². The van der Waals surface area contributed by atoms with Crippen LogP contribution in [0.25, 0.3) is 0 Å². The maximum Gasteiger partial charge on any atom is 0.495 e. The third-order valence-corrected chi connectivity index (χ3v) is 7.76. The van der Waals surface area contributed by atoms with E-state index in [1.165, 1.54) is 16.0 Å². The van der Waals surface area contributed by atoms with E-state index in [0.29, 0.717) is 24.5 Å². The van der Waals surface area contributed by atoms with Crippen LogP contribution in [0.2, 0.25) is 5.15 Å². The zero-order valence-corrected chi connectivity index (χ0v) is 21.9. The molecule has 6 nitrogen and oxygen atoms in total. The summed E-state index contributed by atoms with van der Waals surface area (Å²) in [6.45, 7) is 14.1. The van der Waals surface area contributed by atoms with E-state index in [1.807, 2.05) is 66.7 Å². The molecule has 4 rings (SSSR count). The SMILES string of the molecule is CC(C)(C)N(CC1(c2cc(B3OC(C)(C)C(C)(C)O3)cc(Cl)n2)Cc2ccccc2C1)C(=O)O. The minimum Gasteiger partial charge on any atom is -0.465 e. The van der Waals surface area contributed by atoms with Crippen molar-refractivity contribution in [2.75, 3.05) is 6.54 Å². The van der Waals surface area contributed by atoms with Gasteiger partial charge in [-0.25, -0.2) is 9.78 Å². The summed E-state index contributed by atoms with van der Waals surface area (Å²) in [7, 11) is -0.580. The lowest BCUT2D eigenvalue weighted by Gasteiger charge is -2.40. The van der Waals surface area contributed by atoms with Gasteiger partial charge in [0.15, 0.2) is 0 Å². The van der Waals surface area contributed by atoms with Crippen molar-refractivity contribution in [2.24, 2.45) is 0 Å². The molecule has 0 saturated carbocycles. The molecule has 1 N–H and O–H groups in total. The first-order valence-corrected chi connectivity index (χ1v) is 12.1. The van der Waals surface area contributed by atoms with Crippen LogP contribution in [0, 0.1) is 0 Å². The Hall–Kier alpha value is -2.09. The molecule has 1 fully saturated rings. The number of aromatic nitrogens is 1. The van der Waals surface area contributed by atoms with Gasteiger partial charge in [0.25, 0.3) is 0 Å². The minimum absolute atomic E-state index is 0.302. The topological polar surface area (TPSA) is 71.9 Å². The van der Waals surface area contributed by atoms with E-state index >= 15 is 0 Å². The molecule has 2 aliphatic rings. The number of rotatable bonds is 4. The fourth-order valence-electron chi connectivity index (χ4n) is 4.87. The van der Waals surface area contributed by atoms with Crippen molar-refractivity contribution < 1.29 is 19.2 Å². The first-order chi connectivity index (χ1) is 15.6. The monoisotopic (exact) mass is 484 g/mol.